The van der Waals surface area contributed by atoms with Crippen molar-refractivity contribution in [3.63, 3.8) is 0 Å². The summed E-state index contributed by atoms with van der Waals surface area (Å²) < 4.78 is 2.46. The minimum absolute atomic E-state index is 0.214. The van der Waals surface area contributed by atoms with E-state index in [-0.39, 0.29) is 11.4 Å². The van der Waals surface area contributed by atoms with Gasteiger partial charge in [0.15, 0.2) is 0 Å². The molecule has 0 radical (unpaired) electrons. The van der Waals surface area contributed by atoms with Gasteiger partial charge in [-0.15, -0.1) is 12.3 Å². The highest BCUT2D eigenvalue weighted by atomic mass is 16.2. The first-order valence-electron chi connectivity index (χ1n) is 9.76. The maximum absolute atomic E-state index is 12.9. The summed E-state index contributed by atoms with van der Waals surface area (Å²) in [6.07, 6.45) is 6.93. The van der Waals surface area contributed by atoms with Crippen LogP contribution in [0.2, 0.25) is 0 Å². The third-order valence-corrected chi connectivity index (χ3v) is 5.19. The molecule has 1 aromatic carbocycles. The molecule has 156 valence electrons. The highest BCUT2D eigenvalue weighted by Crippen LogP contribution is 2.22. The third-order valence-electron chi connectivity index (χ3n) is 5.19. The molecule has 0 bridgehead atoms. The number of anilines is 2. The number of hydrogen-bond donors (Lipinski definition) is 1. The lowest BCUT2D eigenvalue weighted by atomic mass is 10.1. The van der Waals surface area contributed by atoms with Crippen molar-refractivity contribution in [2.45, 2.75) is 33.2 Å². The second-order valence-corrected chi connectivity index (χ2v) is 7.32. The molecule has 0 amide bonds. The van der Waals surface area contributed by atoms with E-state index in [4.69, 9.17) is 5.73 Å². The number of nitrogens with two attached hydrogens (primary N) is 1. The van der Waals surface area contributed by atoms with E-state index in [0.717, 1.165) is 23.2 Å². The Bertz CT molecular complexity index is 994. The van der Waals surface area contributed by atoms with Gasteiger partial charge in [-0.25, -0.2) is 4.79 Å². The summed E-state index contributed by atoms with van der Waals surface area (Å²) >= 11 is 0. The molecule has 1 saturated heterocycles. The molecule has 0 spiro atoms. The number of aromatic nitrogens is 2. The average molecular weight is 398 g/mol. The first-order chi connectivity index (χ1) is 13.8. The van der Waals surface area contributed by atoms with Crippen LogP contribution in [-0.2, 0) is 20.6 Å². The normalized spacial score (nSPS) is 13.5. The third kappa shape index (κ3) is 5.09. The van der Waals surface area contributed by atoms with E-state index in [1.165, 1.54) is 30.0 Å². The second-order valence-electron chi connectivity index (χ2n) is 7.32. The second kappa shape index (κ2) is 9.99. The molecule has 1 aliphatic heterocycles. The van der Waals surface area contributed by atoms with Gasteiger partial charge < -0.3 is 10.6 Å². The number of benzene rings is 1. The fourth-order valence-electron chi connectivity index (χ4n) is 3.50. The van der Waals surface area contributed by atoms with Crippen LogP contribution in [0.15, 0.2) is 33.9 Å². The molecular formula is C22H31N5O2. The predicted molar refractivity (Wildman–Crippen MR) is 119 cm³/mol. The molecule has 3 rings (SSSR count). The van der Waals surface area contributed by atoms with Gasteiger partial charge in [-0.05, 0) is 50.9 Å². The van der Waals surface area contributed by atoms with Gasteiger partial charge >= 0.3 is 5.69 Å². The topological polar surface area (TPSA) is 76.5 Å². The zero-order valence-electron chi connectivity index (χ0n) is 17.8. The monoisotopic (exact) mass is 397 g/mol. The summed E-state index contributed by atoms with van der Waals surface area (Å²) in [6, 6.07) is 8.13. The van der Waals surface area contributed by atoms with Crippen molar-refractivity contribution in [1.82, 2.24) is 14.0 Å². The van der Waals surface area contributed by atoms with Gasteiger partial charge in [0, 0.05) is 20.6 Å². The quantitative estimate of drug-likeness (QED) is 0.777. The van der Waals surface area contributed by atoms with Crippen LogP contribution in [-0.4, -0.2) is 33.8 Å². The SMILES string of the molecule is C#CC.Cc1ccccc1CN(CN1CCCC1)c1c(N)n(C)c(=O)n(C)c1=O. The van der Waals surface area contributed by atoms with Gasteiger partial charge in [0.05, 0.1) is 6.67 Å². The number of nitrogens with zero attached hydrogens (tertiary/aromatic N) is 4. The van der Waals surface area contributed by atoms with E-state index in [1.54, 1.807) is 14.0 Å². The van der Waals surface area contributed by atoms with E-state index in [9.17, 15) is 9.59 Å². The highest BCUT2D eigenvalue weighted by Gasteiger charge is 2.23. The summed E-state index contributed by atoms with van der Waals surface area (Å²) in [4.78, 5) is 29.3. The molecule has 1 aliphatic rings. The van der Waals surface area contributed by atoms with Crippen molar-refractivity contribution in [2.75, 3.05) is 30.4 Å². The van der Waals surface area contributed by atoms with Crippen LogP contribution in [0.3, 0.4) is 0 Å². The zero-order valence-corrected chi connectivity index (χ0v) is 17.8. The Morgan fingerprint density at radius 2 is 1.72 bits per heavy atom. The van der Waals surface area contributed by atoms with Crippen LogP contribution in [0, 0.1) is 19.3 Å². The molecule has 7 heteroatoms. The molecule has 7 nitrogen and oxygen atoms in total. The van der Waals surface area contributed by atoms with Crippen molar-refractivity contribution in [3.8, 4) is 12.3 Å². The Labute approximate surface area is 172 Å². The van der Waals surface area contributed by atoms with Crippen LogP contribution in [0.25, 0.3) is 0 Å². The number of likely N-dealkylation sites (tertiary alicyclic amines) is 1. The minimum Gasteiger partial charge on any atom is -0.383 e. The largest absolute Gasteiger partial charge is 0.383 e. The average Bonchev–Trinajstić information content (AvgIpc) is 3.20. The molecule has 2 heterocycles. The van der Waals surface area contributed by atoms with Crippen LogP contribution >= 0.6 is 0 Å². The molecule has 29 heavy (non-hydrogen) atoms. The molecule has 2 N–H and O–H groups in total. The van der Waals surface area contributed by atoms with Gasteiger partial charge in [-0.3, -0.25) is 18.8 Å². The lowest BCUT2D eigenvalue weighted by molar-refractivity contribution is 0.333. The summed E-state index contributed by atoms with van der Waals surface area (Å²) in [5.74, 6) is 2.46. The fraction of sp³-hybridized carbons (Fsp3) is 0.455. The van der Waals surface area contributed by atoms with E-state index in [0.29, 0.717) is 18.9 Å². The highest BCUT2D eigenvalue weighted by molar-refractivity contribution is 5.62. The smallest absolute Gasteiger partial charge is 0.332 e. The van der Waals surface area contributed by atoms with Gasteiger partial charge in [0.25, 0.3) is 5.56 Å². The Balaban J connectivity index is 0.000000941. The van der Waals surface area contributed by atoms with Crippen molar-refractivity contribution in [3.05, 3.63) is 56.2 Å². The van der Waals surface area contributed by atoms with Crippen molar-refractivity contribution in [1.29, 1.82) is 0 Å². The first-order valence-corrected chi connectivity index (χ1v) is 9.76. The Morgan fingerprint density at radius 3 is 2.31 bits per heavy atom. The molecule has 2 aromatic rings. The molecule has 0 unspecified atom stereocenters. The van der Waals surface area contributed by atoms with Gasteiger partial charge in [-0.2, -0.15) is 0 Å². The summed E-state index contributed by atoms with van der Waals surface area (Å²) in [5, 5.41) is 0. The van der Waals surface area contributed by atoms with E-state index in [2.05, 4.69) is 36.3 Å². The van der Waals surface area contributed by atoms with Gasteiger partial charge in [0.1, 0.15) is 11.5 Å². The first kappa shape index (κ1) is 22.3. The molecular weight excluding hydrogens is 366 g/mol. The number of rotatable bonds is 5. The number of aryl methyl sites for hydroxylation is 1. The lowest BCUT2D eigenvalue weighted by Crippen LogP contribution is -2.45. The standard InChI is InChI=1S/C19H27N5O2.C3H4/c1-14-8-4-5-9-15(14)12-24(13-23-10-6-7-11-23)16-17(20)21(2)19(26)22(3)18(16)25;1-3-2/h4-5,8-9H,6-7,10-13,20H2,1-3H3;1H,2H3. The number of hydrogen-bond acceptors (Lipinski definition) is 5. The number of nitrogen functional groups attached to an aromatic ring is 1. The minimum atomic E-state index is -0.409. The van der Waals surface area contributed by atoms with E-state index in [1.807, 2.05) is 17.0 Å². The van der Waals surface area contributed by atoms with Gasteiger partial charge in [0.2, 0.25) is 0 Å². The zero-order chi connectivity index (χ0) is 21.6. The van der Waals surface area contributed by atoms with E-state index < -0.39 is 5.69 Å². The summed E-state index contributed by atoms with van der Waals surface area (Å²) in [5.41, 5.74) is 8.15. The molecule has 1 fully saturated rings. The summed E-state index contributed by atoms with van der Waals surface area (Å²) in [6.45, 7) is 6.92. The molecule has 1 aromatic heterocycles. The predicted octanol–water partition coefficient (Wildman–Crippen LogP) is 1.67. The van der Waals surface area contributed by atoms with Gasteiger partial charge in [-0.1, -0.05) is 24.3 Å². The lowest BCUT2D eigenvalue weighted by Gasteiger charge is -2.31. The van der Waals surface area contributed by atoms with Crippen LogP contribution < -0.4 is 21.9 Å². The van der Waals surface area contributed by atoms with Crippen LogP contribution in [0.1, 0.15) is 30.9 Å². The van der Waals surface area contributed by atoms with E-state index >= 15 is 0 Å². The van der Waals surface area contributed by atoms with Crippen LogP contribution in [0.4, 0.5) is 11.5 Å². The van der Waals surface area contributed by atoms with Crippen molar-refractivity contribution >= 4 is 11.5 Å². The van der Waals surface area contributed by atoms with Crippen LogP contribution in [0.5, 0.6) is 0 Å². The Morgan fingerprint density at radius 1 is 1.14 bits per heavy atom. The molecule has 0 atom stereocenters. The van der Waals surface area contributed by atoms with Crippen molar-refractivity contribution in [2.24, 2.45) is 14.1 Å². The molecule has 0 saturated carbocycles. The Kier molecular flexibility index (Phi) is 7.68. The number of terminal acetylenes is 1. The maximum atomic E-state index is 12.9. The summed E-state index contributed by atoms with van der Waals surface area (Å²) in [7, 11) is 3.10. The van der Waals surface area contributed by atoms with Crippen molar-refractivity contribution < 1.29 is 0 Å². The maximum Gasteiger partial charge on any atom is 0.332 e. The Hall–Kier alpha value is -2.98. The molecule has 0 aliphatic carbocycles. The fourth-order valence-corrected chi connectivity index (χ4v) is 3.50.